The Morgan fingerprint density at radius 1 is 1.06 bits per heavy atom. The number of carbonyl (C=O) groups excluding carboxylic acids is 1. The first-order chi connectivity index (χ1) is 15.9. The van der Waals surface area contributed by atoms with Crippen molar-refractivity contribution in [3.8, 4) is 11.5 Å². The van der Waals surface area contributed by atoms with Crippen LogP contribution in [0.1, 0.15) is 11.6 Å². The molecule has 1 aliphatic rings. The standard InChI is InChI=1S/C15H10ClF2NO2.C7H7N5/c16-10-1-3-13(4-2-10)19-14(8-21-15(19)20)9-5-11(17)7-12(18)6-9;1-12-7(9-10-11-12)6-4-2-3-5-8-6/h1-7,14H,8H2;2-5H,1H3/t14-;/m1./s1. The number of hydrogen-bond donors (Lipinski definition) is 0. The molecule has 1 saturated heterocycles. The Morgan fingerprint density at radius 2 is 1.79 bits per heavy atom. The maximum absolute atomic E-state index is 13.4. The van der Waals surface area contributed by atoms with Gasteiger partial charge in [-0.15, -0.1) is 5.10 Å². The van der Waals surface area contributed by atoms with Crippen LogP contribution in [-0.2, 0) is 11.8 Å². The molecule has 4 aromatic rings. The number of aromatic nitrogens is 5. The van der Waals surface area contributed by atoms with Gasteiger partial charge in [0, 0.05) is 30.0 Å². The highest BCUT2D eigenvalue weighted by Gasteiger charge is 2.35. The number of aryl methyl sites for hydroxylation is 1. The monoisotopic (exact) mass is 470 g/mol. The van der Waals surface area contributed by atoms with Crippen molar-refractivity contribution in [3.05, 3.63) is 89.1 Å². The van der Waals surface area contributed by atoms with Crippen molar-refractivity contribution in [2.75, 3.05) is 11.5 Å². The highest BCUT2D eigenvalue weighted by molar-refractivity contribution is 6.30. The average Bonchev–Trinajstić information content (AvgIpc) is 3.40. The SMILES string of the molecule is Cn1nnnc1-c1ccccn1.O=C1OC[C@H](c2cc(F)cc(F)c2)N1c1ccc(Cl)cc1. The van der Waals surface area contributed by atoms with Gasteiger partial charge in [-0.1, -0.05) is 17.7 Å². The van der Waals surface area contributed by atoms with E-state index in [1.165, 1.54) is 17.0 Å². The summed E-state index contributed by atoms with van der Waals surface area (Å²) in [5.41, 5.74) is 1.68. The number of ether oxygens (including phenoxy) is 1. The summed E-state index contributed by atoms with van der Waals surface area (Å²) in [7, 11) is 1.78. The second-order valence-corrected chi connectivity index (χ2v) is 7.42. The first-order valence-corrected chi connectivity index (χ1v) is 10.1. The molecule has 33 heavy (non-hydrogen) atoms. The average molecular weight is 471 g/mol. The first kappa shape index (κ1) is 22.3. The summed E-state index contributed by atoms with van der Waals surface area (Å²) >= 11 is 5.82. The van der Waals surface area contributed by atoms with Crippen LogP contribution in [-0.4, -0.2) is 37.9 Å². The molecule has 3 heterocycles. The minimum atomic E-state index is -0.694. The van der Waals surface area contributed by atoms with E-state index in [-0.39, 0.29) is 6.61 Å². The van der Waals surface area contributed by atoms with Crippen LogP contribution in [0, 0.1) is 11.6 Å². The van der Waals surface area contributed by atoms with Gasteiger partial charge in [-0.05, 0) is 64.5 Å². The Labute approximate surface area is 192 Å². The van der Waals surface area contributed by atoms with Gasteiger partial charge in [-0.3, -0.25) is 9.88 Å². The van der Waals surface area contributed by atoms with Crippen molar-refractivity contribution in [2.24, 2.45) is 7.05 Å². The molecule has 2 aromatic carbocycles. The van der Waals surface area contributed by atoms with Crippen LogP contribution in [0.5, 0.6) is 0 Å². The lowest BCUT2D eigenvalue weighted by molar-refractivity contribution is 0.179. The van der Waals surface area contributed by atoms with Gasteiger partial charge < -0.3 is 4.74 Å². The van der Waals surface area contributed by atoms with E-state index in [4.69, 9.17) is 16.3 Å². The summed E-state index contributed by atoms with van der Waals surface area (Å²) in [5.74, 6) is -0.712. The predicted octanol–water partition coefficient (Wildman–Crippen LogP) is 4.59. The Kier molecular flexibility index (Phi) is 6.55. The van der Waals surface area contributed by atoms with E-state index < -0.39 is 23.8 Å². The van der Waals surface area contributed by atoms with Crippen LogP contribution >= 0.6 is 11.6 Å². The molecule has 11 heteroatoms. The van der Waals surface area contributed by atoms with Gasteiger partial charge in [-0.25, -0.2) is 18.3 Å². The Balaban J connectivity index is 0.000000183. The molecule has 0 radical (unpaired) electrons. The lowest BCUT2D eigenvalue weighted by Crippen LogP contribution is -2.27. The zero-order valence-corrected chi connectivity index (χ0v) is 18.0. The number of rotatable bonds is 3. The van der Waals surface area contributed by atoms with E-state index in [1.807, 2.05) is 18.2 Å². The topological polar surface area (TPSA) is 86.0 Å². The molecule has 1 fully saturated rings. The molecule has 2 aromatic heterocycles. The number of cyclic esters (lactones) is 1. The van der Waals surface area contributed by atoms with E-state index in [9.17, 15) is 13.6 Å². The van der Waals surface area contributed by atoms with E-state index in [0.29, 0.717) is 22.1 Å². The normalized spacial score (nSPS) is 15.1. The largest absolute Gasteiger partial charge is 0.447 e. The third-order valence-electron chi connectivity index (χ3n) is 4.76. The smallest absolute Gasteiger partial charge is 0.415 e. The number of anilines is 1. The van der Waals surface area contributed by atoms with Crippen molar-refractivity contribution in [2.45, 2.75) is 6.04 Å². The van der Waals surface area contributed by atoms with Crippen molar-refractivity contribution in [1.29, 1.82) is 0 Å². The number of carbonyl (C=O) groups is 1. The van der Waals surface area contributed by atoms with E-state index in [2.05, 4.69) is 20.5 Å². The van der Waals surface area contributed by atoms with Crippen LogP contribution in [0.4, 0.5) is 19.3 Å². The Bertz CT molecular complexity index is 1230. The quantitative estimate of drug-likeness (QED) is 0.435. The van der Waals surface area contributed by atoms with Gasteiger partial charge in [0.15, 0.2) is 5.82 Å². The van der Waals surface area contributed by atoms with Crippen LogP contribution in [0.15, 0.2) is 66.9 Å². The number of tetrazole rings is 1. The summed E-state index contributed by atoms with van der Waals surface area (Å²) in [5, 5.41) is 11.6. The molecule has 168 valence electrons. The highest BCUT2D eigenvalue weighted by atomic mass is 35.5. The van der Waals surface area contributed by atoms with E-state index >= 15 is 0 Å². The number of amides is 1. The highest BCUT2D eigenvalue weighted by Crippen LogP contribution is 2.34. The van der Waals surface area contributed by atoms with Crippen molar-refractivity contribution in [1.82, 2.24) is 25.2 Å². The van der Waals surface area contributed by atoms with Gasteiger partial charge in [-0.2, -0.15) is 0 Å². The molecule has 0 bridgehead atoms. The van der Waals surface area contributed by atoms with Gasteiger partial charge in [0.1, 0.15) is 23.9 Å². The second kappa shape index (κ2) is 9.70. The molecule has 0 N–H and O–H groups in total. The molecule has 1 atom stereocenters. The van der Waals surface area contributed by atoms with Crippen molar-refractivity contribution in [3.63, 3.8) is 0 Å². The van der Waals surface area contributed by atoms with Crippen LogP contribution in [0.3, 0.4) is 0 Å². The Hall–Kier alpha value is -3.92. The van der Waals surface area contributed by atoms with Crippen molar-refractivity contribution < 1.29 is 18.3 Å². The number of benzene rings is 2. The third-order valence-corrected chi connectivity index (χ3v) is 5.01. The molecular weight excluding hydrogens is 454 g/mol. The van der Waals surface area contributed by atoms with Gasteiger partial charge >= 0.3 is 6.09 Å². The fraction of sp³-hybridized carbons (Fsp3) is 0.136. The molecule has 5 rings (SSSR count). The molecule has 0 aliphatic carbocycles. The zero-order chi connectivity index (χ0) is 23.4. The van der Waals surface area contributed by atoms with Gasteiger partial charge in [0.2, 0.25) is 0 Å². The van der Waals surface area contributed by atoms with Crippen LogP contribution in [0.2, 0.25) is 5.02 Å². The first-order valence-electron chi connectivity index (χ1n) is 9.73. The number of pyridine rings is 1. The number of nitrogens with zero attached hydrogens (tertiary/aromatic N) is 6. The molecule has 0 spiro atoms. The maximum Gasteiger partial charge on any atom is 0.415 e. The minimum absolute atomic E-state index is 0.0321. The predicted molar refractivity (Wildman–Crippen MR) is 116 cm³/mol. The lowest BCUT2D eigenvalue weighted by Gasteiger charge is -2.22. The molecule has 0 saturated carbocycles. The van der Waals surface area contributed by atoms with Crippen LogP contribution < -0.4 is 4.90 Å². The molecular formula is C22H17ClF2N6O2. The summed E-state index contributed by atoms with van der Waals surface area (Å²) in [6.07, 6.45) is 1.15. The van der Waals surface area contributed by atoms with E-state index in [0.717, 1.165) is 11.8 Å². The fourth-order valence-corrected chi connectivity index (χ4v) is 3.39. The van der Waals surface area contributed by atoms with Crippen molar-refractivity contribution >= 4 is 23.4 Å². The summed E-state index contributed by atoms with van der Waals surface area (Å²) < 4.78 is 33.3. The number of hydrogen-bond acceptors (Lipinski definition) is 6. The zero-order valence-electron chi connectivity index (χ0n) is 17.3. The molecule has 0 unspecified atom stereocenters. The lowest BCUT2D eigenvalue weighted by atomic mass is 10.1. The molecule has 1 aliphatic heterocycles. The Morgan fingerprint density at radius 3 is 2.39 bits per heavy atom. The second-order valence-electron chi connectivity index (χ2n) is 6.98. The molecule has 8 nitrogen and oxygen atoms in total. The fourth-order valence-electron chi connectivity index (χ4n) is 3.26. The van der Waals surface area contributed by atoms with Crippen LogP contribution in [0.25, 0.3) is 11.5 Å². The minimum Gasteiger partial charge on any atom is -0.447 e. The summed E-state index contributed by atoms with van der Waals surface area (Å²) in [6, 6.07) is 14.8. The number of halogens is 3. The molecule has 1 amide bonds. The van der Waals surface area contributed by atoms with Gasteiger partial charge in [0.25, 0.3) is 0 Å². The summed E-state index contributed by atoms with van der Waals surface area (Å²) in [6.45, 7) is 0.0321. The third kappa shape index (κ3) is 5.12. The van der Waals surface area contributed by atoms with Gasteiger partial charge in [0.05, 0.1) is 6.04 Å². The maximum atomic E-state index is 13.4. The summed E-state index contributed by atoms with van der Waals surface area (Å²) in [4.78, 5) is 17.4. The van der Waals surface area contributed by atoms with E-state index in [1.54, 1.807) is 42.2 Å².